The molecule has 4 aliphatic rings. The van der Waals surface area contributed by atoms with Crippen LogP contribution in [0.5, 0.6) is 11.5 Å². The first-order valence-corrected chi connectivity index (χ1v) is 13.9. The average Bonchev–Trinajstić information content (AvgIpc) is 3.21. The number of ether oxygens (including phenoxy) is 4. The van der Waals surface area contributed by atoms with Crippen LogP contribution in [0.25, 0.3) is 0 Å². The number of carbonyl (C=O) groups is 4. The molecule has 1 aromatic carbocycles. The molecule has 2 heterocycles. The van der Waals surface area contributed by atoms with E-state index in [1.165, 1.54) is 37.9 Å². The summed E-state index contributed by atoms with van der Waals surface area (Å²) < 4.78 is 22.6. The summed E-state index contributed by atoms with van der Waals surface area (Å²) in [5.74, 6) is -2.49. The van der Waals surface area contributed by atoms with Crippen LogP contribution < -0.4 is 9.47 Å². The molecule has 0 unspecified atom stereocenters. The number of aliphatic hydroxyl groups is 1. The highest BCUT2D eigenvalue weighted by Crippen LogP contribution is 2.54. The molecule has 11 heteroatoms. The molecule has 220 valence electrons. The Bertz CT molecular complexity index is 1330. The Morgan fingerprint density at radius 3 is 2.46 bits per heavy atom. The summed E-state index contributed by atoms with van der Waals surface area (Å²) in [5.41, 5.74) is 2.01. The lowest BCUT2D eigenvalue weighted by Gasteiger charge is -2.50. The number of imide groups is 1. The van der Waals surface area contributed by atoms with Gasteiger partial charge in [-0.15, -0.1) is 0 Å². The molecule has 0 radical (unpaired) electrons. The summed E-state index contributed by atoms with van der Waals surface area (Å²) in [6.07, 6.45) is 0.386. The fourth-order valence-electron chi connectivity index (χ4n) is 6.92. The number of rotatable bonds is 7. The van der Waals surface area contributed by atoms with Crippen molar-refractivity contribution < 1.29 is 43.2 Å². The zero-order valence-electron chi connectivity index (χ0n) is 23.9. The van der Waals surface area contributed by atoms with Crippen LogP contribution in [0.4, 0.5) is 0 Å². The molecule has 0 spiro atoms. The lowest BCUT2D eigenvalue weighted by atomic mass is 9.62. The number of hydrogen-bond acceptors (Lipinski definition) is 9. The van der Waals surface area contributed by atoms with Gasteiger partial charge in [-0.25, -0.2) is 0 Å². The van der Waals surface area contributed by atoms with Gasteiger partial charge in [-0.05, 0) is 54.7 Å². The molecule has 0 aromatic heterocycles. The van der Waals surface area contributed by atoms with Crippen molar-refractivity contribution in [3.8, 4) is 11.5 Å². The first-order chi connectivity index (χ1) is 19.6. The third-order valence-electron chi connectivity index (χ3n) is 8.53. The zero-order valence-corrected chi connectivity index (χ0v) is 23.9. The quantitative estimate of drug-likeness (QED) is 0.387. The van der Waals surface area contributed by atoms with Crippen LogP contribution in [-0.4, -0.2) is 84.2 Å². The van der Waals surface area contributed by atoms with E-state index in [1.807, 2.05) is 0 Å². The van der Waals surface area contributed by atoms with E-state index in [-0.39, 0.29) is 30.8 Å². The van der Waals surface area contributed by atoms with Crippen molar-refractivity contribution in [2.24, 2.45) is 17.8 Å². The molecule has 1 N–H and O–H groups in total. The highest BCUT2D eigenvalue weighted by Gasteiger charge is 2.62. The lowest BCUT2D eigenvalue weighted by molar-refractivity contribution is -0.165. The van der Waals surface area contributed by atoms with E-state index in [4.69, 9.17) is 18.9 Å². The predicted octanol–water partition coefficient (Wildman–Crippen LogP) is 1.97. The van der Waals surface area contributed by atoms with Crippen molar-refractivity contribution in [1.29, 1.82) is 0 Å². The summed E-state index contributed by atoms with van der Waals surface area (Å²) in [6.45, 7) is 5.06. The number of likely N-dealkylation sites (tertiary alicyclic amines) is 1. The number of amides is 3. The van der Waals surface area contributed by atoms with Gasteiger partial charge < -0.3 is 29.0 Å². The van der Waals surface area contributed by atoms with E-state index in [0.717, 1.165) is 5.57 Å². The topological polar surface area (TPSA) is 132 Å². The van der Waals surface area contributed by atoms with Gasteiger partial charge in [0.15, 0.2) is 17.6 Å². The van der Waals surface area contributed by atoms with E-state index in [9.17, 15) is 24.3 Å². The van der Waals surface area contributed by atoms with Crippen molar-refractivity contribution >= 4 is 23.7 Å². The van der Waals surface area contributed by atoms with Gasteiger partial charge in [0.1, 0.15) is 11.9 Å². The molecule has 3 amide bonds. The highest BCUT2D eigenvalue weighted by atomic mass is 16.6. The lowest BCUT2D eigenvalue weighted by Crippen LogP contribution is -2.61. The van der Waals surface area contributed by atoms with Crippen molar-refractivity contribution in [3.05, 3.63) is 46.7 Å². The van der Waals surface area contributed by atoms with Crippen LogP contribution in [0.3, 0.4) is 0 Å². The smallest absolute Gasteiger partial charge is 0.303 e. The van der Waals surface area contributed by atoms with Gasteiger partial charge in [-0.1, -0.05) is 6.07 Å². The van der Waals surface area contributed by atoms with Crippen molar-refractivity contribution in [3.63, 3.8) is 0 Å². The highest BCUT2D eigenvalue weighted by molar-refractivity contribution is 6.07. The second-order valence-electron chi connectivity index (χ2n) is 10.8. The molecule has 1 fully saturated rings. The maximum Gasteiger partial charge on any atom is 0.303 e. The molecule has 1 saturated heterocycles. The zero-order chi connectivity index (χ0) is 29.6. The number of nitrogens with zero attached hydrogens (tertiary/aromatic N) is 2. The fraction of sp³-hybridized carbons (Fsp3) is 0.533. The molecular weight excluding hydrogens is 532 g/mol. The van der Waals surface area contributed by atoms with E-state index < -0.39 is 42.0 Å². The van der Waals surface area contributed by atoms with E-state index in [2.05, 4.69) is 0 Å². The molecule has 0 saturated carbocycles. The Hall–Kier alpha value is -3.86. The predicted molar refractivity (Wildman–Crippen MR) is 144 cm³/mol. The molecule has 6 atom stereocenters. The minimum absolute atomic E-state index is 0.0540. The Kier molecular flexibility index (Phi) is 7.83. The largest absolute Gasteiger partial charge is 0.493 e. The molecule has 2 aliphatic carbocycles. The van der Waals surface area contributed by atoms with Crippen LogP contribution in [0.2, 0.25) is 0 Å². The number of hydrogen-bond donors (Lipinski definition) is 1. The second kappa shape index (κ2) is 11.2. The minimum atomic E-state index is -1.28. The first kappa shape index (κ1) is 28.7. The first-order valence-electron chi connectivity index (χ1n) is 13.9. The summed E-state index contributed by atoms with van der Waals surface area (Å²) in [5, 5.41) is 11.4. The Morgan fingerprint density at radius 2 is 1.83 bits per heavy atom. The van der Waals surface area contributed by atoms with E-state index in [0.29, 0.717) is 47.8 Å². The van der Waals surface area contributed by atoms with Crippen molar-refractivity contribution in [2.75, 3.05) is 27.4 Å². The Balaban J connectivity index is 1.68. The van der Waals surface area contributed by atoms with Gasteiger partial charge in [0.05, 0.1) is 38.7 Å². The third kappa shape index (κ3) is 4.75. The number of fused-ring (bicyclic) bond motifs is 5. The number of esters is 1. The Labute approximate surface area is 238 Å². The second-order valence-corrected chi connectivity index (χ2v) is 10.8. The minimum Gasteiger partial charge on any atom is -0.493 e. The van der Waals surface area contributed by atoms with Crippen LogP contribution in [-0.2, 0) is 35.2 Å². The number of carbonyl (C=O) groups excluding carboxylic acids is 4. The number of aliphatic hydroxyl groups excluding tert-OH is 1. The van der Waals surface area contributed by atoms with E-state index in [1.54, 1.807) is 31.2 Å². The van der Waals surface area contributed by atoms with Crippen LogP contribution >= 0.6 is 0 Å². The number of allylic oxidation sites excluding steroid dienone is 1. The van der Waals surface area contributed by atoms with Gasteiger partial charge in [-0.2, -0.15) is 0 Å². The number of methoxy groups -OCH3 is 2. The SMILES string of the molecule is CCN1C(=O)[C@@H]2C3=C(OCCC3)C3=C[C@@H](O)[C@H](OC(C)=O)[C@@H](N(Cc4ccc(OC)c(OC)c4)C(C)=O)[C@@H]3[C@@H]2C1=O. The monoisotopic (exact) mass is 568 g/mol. The average molecular weight is 569 g/mol. The Morgan fingerprint density at radius 1 is 1.10 bits per heavy atom. The normalized spacial score (nSPS) is 28.6. The summed E-state index contributed by atoms with van der Waals surface area (Å²) in [4.78, 5) is 56.0. The van der Waals surface area contributed by atoms with Gasteiger partial charge >= 0.3 is 5.97 Å². The van der Waals surface area contributed by atoms with Crippen LogP contribution in [0.15, 0.2) is 41.2 Å². The summed E-state index contributed by atoms with van der Waals surface area (Å²) >= 11 is 0. The van der Waals surface area contributed by atoms with Gasteiger partial charge in [0, 0.05) is 32.9 Å². The summed E-state index contributed by atoms with van der Waals surface area (Å²) in [6, 6.07) is 4.27. The van der Waals surface area contributed by atoms with Crippen molar-refractivity contribution in [1.82, 2.24) is 9.80 Å². The molecule has 41 heavy (non-hydrogen) atoms. The standard InChI is InChI=1S/C30H36N2O9/c1-6-31-29(36)24-18-8-7-11-40-27(18)19-13-20(35)28(41-16(3)34)26(23(19)25(24)30(31)37)32(15(2)33)14-17-9-10-21(38-4)22(12-17)39-5/h9-10,12-13,20,23-26,28,35H,6-8,11,14H2,1-5H3/t20-,23+,24-,25+,26+,28+/m1/s1. The molecule has 0 bridgehead atoms. The van der Waals surface area contributed by atoms with Gasteiger partial charge in [0.2, 0.25) is 17.7 Å². The molecule has 2 aliphatic heterocycles. The van der Waals surface area contributed by atoms with Gasteiger partial charge in [-0.3, -0.25) is 24.1 Å². The fourth-order valence-corrected chi connectivity index (χ4v) is 6.92. The molecule has 5 rings (SSSR count). The number of benzene rings is 1. The van der Waals surface area contributed by atoms with Crippen molar-refractivity contribution in [2.45, 2.75) is 58.4 Å². The molecule has 1 aromatic rings. The van der Waals surface area contributed by atoms with E-state index >= 15 is 0 Å². The van der Waals surface area contributed by atoms with Crippen LogP contribution in [0.1, 0.15) is 39.2 Å². The van der Waals surface area contributed by atoms with Crippen LogP contribution in [0, 0.1) is 17.8 Å². The summed E-state index contributed by atoms with van der Waals surface area (Å²) in [7, 11) is 3.03. The molecular formula is C30H36N2O9. The molecule has 11 nitrogen and oxygen atoms in total. The maximum absolute atomic E-state index is 13.9. The van der Waals surface area contributed by atoms with Gasteiger partial charge in [0.25, 0.3) is 0 Å². The third-order valence-corrected chi connectivity index (χ3v) is 8.53. The maximum atomic E-state index is 13.9.